The van der Waals surface area contributed by atoms with E-state index in [1.54, 1.807) is 6.20 Å². The third kappa shape index (κ3) is 2.08. The van der Waals surface area contributed by atoms with Crippen molar-refractivity contribution in [2.75, 3.05) is 6.54 Å². The van der Waals surface area contributed by atoms with Crippen LogP contribution in [0.1, 0.15) is 18.5 Å². The van der Waals surface area contributed by atoms with Gasteiger partial charge in [0.05, 0.1) is 15.9 Å². The van der Waals surface area contributed by atoms with Crippen molar-refractivity contribution < 1.29 is 8.78 Å². The highest BCUT2D eigenvalue weighted by molar-refractivity contribution is 9.10. The second-order valence-corrected chi connectivity index (χ2v) is 5.71. The Balaban J connectivity index is 2.02. The molecule has 0 bridgehead atoms. The van der Waals surface area contributed by atoms with Crippen molar-refractivity contribution in [3.05, 3.63) is 46.2 Å². The second-order valence-electron chi connectivity index (χ2n) is 4.85. The molecule has 1 aromatic heterocycles. The summed E-state index contributed by atoms with van der Waals surface area (Å²) in [6.07, 6.45) is 3.77. The van der Waals surface area contributed by atoms with Crippen molar-refractivity contribution in [3.63, 3.8) is 0 Å². The fourth-order valence-corrected chi connectivity index (χ4v) is 2.85. The first-order chi connectivity index (χ1) is 9.05. The van der Waals surface area contributed by atoms with Crippen LogP contribution < -0.4 is 5.73 Å². The van der Waals surface area contributed by atoms with Crippen LogP contribution in [0.15, 0.2) is 28.9 Å². The number of halogens is 3. The van der Waals surface area contributed by atoms with Crippen molar-refractivity contribution >= 4 is 15.9 Å². The lowest BCUT2D eigenvalue weighted by Crippen LogP contribution is -2.21. The van der Waals surface area contributed by atoms with Crippen molar-refractivity contribution in [2.45, 2.75) is 18.3 Å². The second kappa shape index (κ2) is 4.38. The Bertz CT molecular complexity index is 635. The maximum absolute atomic E-state index is 13.2. The molecular weight excluding hydrogens is 316 g/mol. The van der Waals surface area contributed by atoms with Gasteiger partial charge in [0.1, 0.15) is 0 Å². The van der Waals surface area contributed by atoms with E-state index in [0.29, 0.717) is 12.2 Å². The zero-order valence-corrected chi connectivity index (χ0v) is 11.6. The molecule has 1 aromatic carbocycles. The molecule has 3 nitrogen and oxygen atoms in total. The number of hydrogen-bond donors (Lipinski definition) is 1. The SMILES string of the molecule is NCC1(c2nn(-c3ccc(F)c(F)c3)cc2Br)CC1. The molecule has 19 heavy (non-hydrogen) atoms. The predicted molar refractivity (Wildman–Crippen MR) is 71.1 cm³/mol. The molecule has 0 amide bonds. The highest BCUT2D eigenvalue weighted by atomic mass is 79.9. The molecule has 0 aliphatic heterocycles. The maximum atomic E-state index is 13.2. The van der Waals surface area contributed by atoms with E-state index in [-0.39, 0.29) is 5.41 Å². The molecule has 1 aliphatic carbocycles. The van der Waals surface area contributed by atoms with Crippen LogP contribution in [0.2, 0.25) is 0 Å². The minimum atomic E-state index is -0.884. The lowest BCUT2D eigenvalue weighted by Gasteiger charge is -2.09. The summed E-state index contributed by atoms with van der Waals surface area (Å²) in [6, 6.07) is 3.71. The van der Waals surface area contributed by atoms with E-state index in [9.17, 15) is 8.78 Å². The molecule has 2 aromatic rings. The standard InChI is InChI=1S/C13H12BrF2N3/c14-9-6-19(8-1-2-10(15)11(16)5-8)18-12(9)13(7-17)3-4-13/h1-2,5-6H,3-4,7,17H2. The normalized spacial score (nSPS) is 16.6. The minimum absolute atomic E-state index is 0.0529. The third-order valence-electron chi connectivity index (χ3n) is 3.58. The van der Waals surface area contributed by atoms with Crippen LogP contribution in [0, 0.1) is 11.6 Å². The zero-order chi connectivity index (χ0) is 13.6. The molecule has 0 saturated heterocycles. The Morgan fingerprint density at radius 1 is 1.32 bits per heavy atom. The molecule has 0 radical (unpaired) electrons. The van der Waals surface area contributed by atoms with Crippen LogP contribution in [0.5, 0.6) is 0 Å². The number of hydrogen-bond acceptors (Lipinski definition) is 2. The zero-order valence-electron chi connectivity index (χ0n) is 10.0. The van der Waals surface area contributed by atoms with Gasteiger partial charge in [0.15, 0.2) is 11.6 Å². The van der Waals surface area contributed by atoms with E-state index in [2.05, 4.69) is 21.0 Å². The van der Waals surface area contributed by atoms with E-state index in [1.807, 2.05) is 0 Å². The minimum Gasteiger partial charge on any atom is -0.330 e. The Kier molecular flexibility index (Phi) is 2.94. The summed E-state index contributed by atoms with van der Waals surface area (Å²) < 4.78 is 28.5. The summed E-state index contributed by atoms with van der Waals surface area (Å²) in [6.45, 7) is 0.542. The molecule has 6 heteroatoms. The molecule has 1 heterocycles. The average molecular weight is 328 g/mol. The number of nitrogens with zero attached hydrogens (tertiary/aromatic N) is 2. The summed E-state index contributed by atoms with van der Waals surface area (Å²) in [7, 11) is 0. The van der Waals surface area contributed by atoms with E-state index in [0.717, 1.165) is 35.1 Å². The number of rotatable bonds is 3. The van der Waals surface area contributed by atoms with E-state index < -0.39 is 11.6 Å². The highest BCUT2D eigenvalue weighted by Crippen LogP contribution is 2.48. The predicted octanol–water partition coefficient (Wildman–Crippen LogP) is 2.90. The first-order valence-corrected chi connectivity index (χ1v) is 6.76. The molecule has 1 aliphatic rings. The molecule has 2 N–H and O–H groups in total. The average Bonchev–Trinajstić information content (AvgIpc) is 3.10. The van der Waals surface area contributed by atoms with Gasteiger partial charge in [-0.2, -0.15) is 5.10 Å². The van der Waals surface area contributed by atoms with Crippen molar-refractivity contribution in [1.82, 2.24) is 9.78 Å². The molecule has 1 saturated carbocycles. The van der Waals surface area contributed by atoms with Gasteiger partial charge in [-0.15, -0.1) is 0 Å². The molecule has 0 spiro atoms. The van der Waals surface area contributed by atoms with Crippen LogP contribution in [0.25, 0.3) is 5.69 Å². The Morgan fingerprint density at radius 3 is 2.63 bits per heavy atom. The molecule has 0 unspecified atom stereocenters. The monoisotopic (exact) mass is 327 g/mol. The van der Waals surface area contributed by atoms with Crippen LogP contribution >= 0.6 is 15.9 Å². The molecular formula is C13H12BrF2N3. The van der Waals surface area contributed by atoms with Gasteiger partial charge in [0.2, 0.25) is 0 Å². The van der Waals surface area contributed by atoms with Crippen LogP contribution in [0.4, 0.5) is 8.78 Å². The Morgan fingerprint density at radius 2 is 2.05 bits per heavy atom. The van der Waals surface area contributed by atoms with Gasteiger partial charge < -0.3 is 5.73 Å². The van der Waals surface area contributed by atoms with Gasteiger partial charge in [-0.25, -0.2) is 13.5 Å². The van der Waals surface area contributed by atoms with Crippen molar-refractivity contribution in [2.24, 2.45) is 5.73 Å². The van der Waals surface area contributed by atoms with Gasteiger partial charge in [0, 0.05) is 24.2 Å². The number of nitrogens with two attached hydrogens (primary N) is 1. The molecule has 3 rings (SSSR count). The van der Waals surface area contributed by atoms with Crippen molar-refractivity contribution in [1.29, 1.82) is 0 Å². The molecule has 100 valence electrons. The Labute approximate surface area is 117 Å². The maximum Gasteiger partial charge on any atom is 0.160 e. The fourth-order valence-electron chi connectivity index (χ4n) is 2.16. The van der Waals surface area contributed by atoms with Crippen LogP contribution in [-0.2, 0) is 5.41 Å². The van der Waals surface area contributed by atoms with Gasteiger partial charge in [-0.1, -0.05) is 0 Å². The van der Waals surface area contributed by atoms with Gasteiger partial charge >= 0.3 is 0 Å². The lowest BCUT2D eigenvalue weighted by atomic mass is 10.0. The topological polar surface area (TPSA) is 43.8 Å². The van der Waals surface area contributed by atoms with Gasteiger partial charge in [-0.3, -0.25) is 0 Å². The summed E-state index contributed by atoms with van der Waals surface area (Å²) in [5, 5.41) is 4.46. The third-order valence-corrected chi connectivity index (χ3v) is 4.16. The molecule has 0 atom stereocenters. The Hall–Kier alpha value is -1.27. The number of benzene rings is 1. The lowest BCUT2D eigenvalue weighted by molar-refractivity contribution is 0.507. The highest BCUT2D eigenvalue weighted by Gasteiger charge is 2.46. The number of aromatic nitrogens is 2. The first-order valence-electron chi connectivity index (χ1n) is 5.97. The van der Waals surface area contributed by atoms with Gasteiger partial charge in [-0.05, 0) is 40.9 Å². The summed E-state index contributed by atoms with van der Waals surface area (Å²) >= 11 is 3.46. The van der Waals surface area contributed by atoms with Crippen LogP contribution in [0.3, 0.4) is 0 Å². The first kappa shape index (κ1) is 12.7. The van der Waals surface area contributed by atoms with Gasteiger partial charge in [0.25, 0.3) is 0 Å². The van der Waals surface area contributed by atoms with E-state index in [4.69, 9.17) is 5.73 Å². The van der Waals surface area contributed by atoms with E-state index in [1.165, 1.54) is 10.7 Å². The summed E-state index contributed by atoms with van der Waals surface area (Å²) in [5.74, 6) is -1.75. The fraction of sp³-hybridized carbons (Fsp3) is 0.308. The smallest absolute Gasteiger partial charge is 0.160 e. The van der Waals surface area contributed by atoms with E-state index >= 15 is 0 Å². The quantitative estimate of drug-likeness (QED) is 0.942. The summed E-state index contributed by atoms with van der Waals surface area (Å²) in [5.41, 5.74) is 7.10. The van der Waals surface area contributed by atoms with Crippen LogP contribution in [-0.4, -0.2) is 16.3 Å². The summed E-state index contributed by atoms with van der Waals surface area (Å²) in [4.78, 5) is 0. The molecule has 1 fully saturated rings. The van der Waals surface area contributed by atoms with Crippen molar-refractivity contribution in [3.8, 4) is 5.69 Å². The largest absolute Gasteiger partial charge is 0.330 e.